The molecule has 162 valence electrons. The summed E-state index contributed by atoms with van der Waals surface area (Å²) in [5.74, 6) is -0.451. The third-order valence-electron chi connectivity index (χ3n) is 4.93. The fourth-order valence-electron chi connectivity index (χ4n) is 3.02. The number of allylic oxidation sites excluding steroid dienone is 2. The van der Waals surface area contributed by atoms with Gasteiger partial charge < -0.3 is 9.66 Å². The van der Waals surface area contributed by atoms with Gasteiger partial charge in [0.1, 0.15) is 6.23 Å². The molecule has 0 heterocycles. The Morgan fingerprint density at radius 2 is 1.36 bits per heavy atom. The van der Waals surface area contributed by atoms with Gasteiger partial charge in [0.15, 0.2) is 0 Å². The van der Waals surface area contributed by atoms with Crippen molar-refractivity contribution in [2.75, 3.05) is 19.3 Å². The fourth-order valence-corrected chi connectivity index (χ4v) is 3.53. The Hall–Kier alpha value is 0.570. The molecule has 0 aliphatic heterocycles. The molecule has 0 saturated heterocycles. The molecule has 0 radical (unpaired) electrons. The molecule has 0 rings (SSSR count). The van der Waals surface area contributed by atoms with Gasteiger partial charge in [0, 0.05) is 6.54 Å². The maximum atomic E-state index is 10.6. The minimum atomic E-state index is -4.21. The van der Waals surface area contributed by atoms with E-state index in [4.69, 9.17) is 0 Å². The summed E-state index contributed by atoms with van der Waals surface area (Å²) < 4.78 is 31.8. The predicted molar refractivity (Wildman–Crippen MR) is 113 cm³/mol. The molecule has 1 N–H and O–H groups in total. The zero-order chi connectivity index (χ0) is 20.4. The molecule has 0 aliphatic carbocycles. The Kier molecular flexibility index (Phi) is 22.9. The maximum Gasteiger partial charge on any atom is 1.00 e. The quantitative estimate of drug-likeness (QED) is 0.112. The van der Waals surface area contributed by atoms with E-state index in [0.29, 0.717) is 6.42 Å². The predicted octanol–water partition coefficient (Wildman–Crippen LogP) is 1.82. The number of unbranched alkanes of at least 4 members (excludes halogenated alkanes) is 11. The number of aliphatic hydroxyl groups is 1. The topological polar surface area (TPSA) is 80.7 Å². The van der Waals surface area contributed by atoms with Gasteiger partial charge in [0.05, 0.1) is 15.9 Å². The summed E-state index contributed by atoms with van der Waals surface area (Å²) in [6, 6.07) is 0. The van der Waals surface area contributed by atoms with E-state index in [1.165, 1.54) is 62.7 Å². The van der Waals surface area contributed by atoms with Crippen molar-refractivity contribution in [2.24, 2.45) is 0 Å². The van der Waals surface area contributed by atoms with Crippen LogP contribution in [0.3, 0.4) is 0 Å². The van der Waals surface area contributed by atoms with Crippen LogP contribution in [0.1, 0.15) is 96.8 Å². The van der Waals surface area contributed by atoms with E-state index in [0.717, 1.165) is 25.7 Å². The van der Waals surface area contributed by atoms with Crippen LogP contribution < -0.4 is 29.6 Å². The average Bonchev–Trinajstić information content (AvgIpc) is 2.62. The van der Waals surface area contributed by atoms with Gasteiger partial charge in [-0.15, -0.1) is 0 Å². The largest absolute Gasteiger partial charge is 1.00 e. The van der Waals surface area contributed by atoms with E-state index in [1.54, 1.807) is 7.05 Å². The van der Waals surface area contributed by atoms with E-state index in [-0.39, 0.29) is 36.1 Å². The molecule has 28 heavy (non-hydrogen) atoms. The van der Waals surface area contributed by atoms with Crippen molar-refractivity contribution in [1.29, 1.82) is 0 Å². The monoisotopic (exact) mass is 427 g/mol. The fraction of sp³-hybridized carbons (Fsp3) is 0.905. The Balaban J connectivity index is 0. The zero-order valence-electron chi connectivity index (χ0n) is 18.6. The van der Waals surface area contributed by atoms with E-state index in [2.05, 4.69) is 19.1 Å². The average molecular weight is 428 g/mol. The molecule has 0 fully saturated rings. The standard InChI is InChI=1S/C21H43NO4S.Na/c1-3-4-5-6-7-8-9-10-11-12-13-14-15-16-17-18-21(23)22(2)19-20-27(24,25)26;/h10-11,21,23H,3-9,12-20H2,1-2H3,(H,24,25,26);/q;+1/p-1/b11-10-;. The Bertz CT molecular complexity index is 457. The van der Waals surface area contributed by atoms with Crippen molar-refractivity contribution in [3.05, 3.63) is 12.2 Å². The first-order valence-corrected chi connectivity index (χ1v) is 12.4. The second-order valence-electron chi connectivity index (χ2n) is 7.60. The Labute approximate surface area is 196 Å². The van der Waals surface area contributed by atoms with Crippen LogP contribution in [0.25, 0.3) is 0 Å². The van der Waals surface area contributed by atoms with Crippen LogP contribution in [0.2, 0.25) is 0 Å². The van der Waals surface area contributed by atoms with Gasteiger partial charge in [-0.3, -0.25) is 4.90 Å². The summed E-state index contributed by atoms with van der Waals surface area (Å²) in [6.07, 6.45) is 20.7. The van der Waals surface area contributed by atoms with Crippen molar-refractivity contribution in [2.45, 2.75) is 103 Å². The molecule has 0 aromatic carbocycles. The van der Waals surface area contributed by atoms with Crippen molar-refractivity contribution in [3.8, 4) is 0 Å². The summed E-state index contributed by atoms with van der Waals surface area (Å²) in [6.45, 7) is 2.33. The molecule has 1 unspecified atom stereocenters. The van der Waals surface area contributed by atoms with Crippen LogP contribution in [0.4, 0.5) is 0 Å². The minimum absolute atomic E-state index is 0. The van der Waals surface area contributed by atoms with Gasteiger partial charge in [0.25, 0.3) is 0 Å². The van der Waals surface area contributed by atoms with E-state index < -0.39 is 22.1 Å². The van der Waals surface area contributed by atoms with E-state index >= 15 is 0 Å². The number of nitrogens with zero attached hydrogens (tertiary/aromatic N) is 1. The van der Waals surface area contributed by atoms with Crippen molar-refractivity contribution >= 4 is 10.1 Å². The zero-order valence-corrected chi connectivity index (χ0v) is 21.4. The molecule has 1 atom stereocenters. The molecule has 0 aromatic rings. The summed E-state index contributed by atoms with van der Waals surface area (Å²) >= 11 is 0. The first-order valence-electron chi connectivity index (χ1n) is 10.8. The smallest absolute Gasteiger partial charge is 0.748 e. The van der Waals surface area contributed by atoms with Gasteiger partial charge in [-0.2, -0.15) is 0 Å². The molecular weight excluding hydrogens is 385 g/mol. The molecule has 5 nitrogen and oxygen atoms in total. The van der Waals surface area contributed by atoms with Gasteiger partial charge >= 0.3 is 29.6 Å². The molecule has 0 aliphatic rings. The third kappa shape index (κ3) is 22.9. The second-order valence-corrected chi connectivity index (χ2v) is 9.12. The summed E-state index contributed by atoms with van der Waals surface area (Å²) in [7, 11) is -2.57. The molecule has 0 aromatic heterocycles. The first kappa shape index (κ1) is 30.8. The molecule has 7 heteroatoms. The summed E-state index contributed by atoms with van der Waals surface area (Å²) in [4.78, 5) is 1.53. The normalized spacial score (nSPS) is 13.2. The second kappa shape index (κ2) is 20.8. The molecule has 0 saturated carbocycles. The Morgan fingerprint density at radius 1 is 0.893 bits per heavy atom. The van der Waals surface area contributed by atoms with Gasteiger partial charge in [-0.05, 0) is 45.6 Å². The molecule has 0 amide bonds. The Morgan fingerprint density at radius 3 is 1.86 bits per heavy atom. The van der Waals surface area contributed by atoms with Crippen molar-refractivity contribution in [3.63, 3.8) is 0 Å². The van der Waals surface area contributed by atoms with Gasteiger partial charge in [-0.1, -0.05) is 70.4 Å². The SMILES string of the molecule is CCCCCCCC/C=C\CCCCCCCC(O)N(C)CCS(=O)(=O)[O-].[Na+]. The van der Waals surface area contributed by atoms with Crippen LogP contribution >= 0.6 is 0 Å². The van der Waals surface area contributed by atoms with Crippen LogP contribution in [-0.2, 0) is 10.1 Å². The van der Waals surface area contributed by atoms with E-state index in [9.17, 15) is 18.1 Å². The van der Waals surface area contributed by atoms with Crippen molar-refractivity contribution in [1.82, 2.24) is 4.90 Å². The number of hydrogen-bond acceptors (Lipinski definition) is 5. The number of aliphatic hydroxyl groups excluding tert-OH is 1. The number of rotatable bonds is 19. The molecule has 0 bridgehead atoms. The van der Waals surface area contributed by atoms with Crippen molar-refractivity contribution < 1.29 is 47.6 Å². The maximum absolute atomic E-state index is 10.6. The van der Waals surface area contributed by atoms with Gasteiger partial charge in [-0.25, -0.2) is 8.42 Å². The molecular formula is C21H42NNaO4S. The summed E-state index contributed by atoms with van der Waals surface area (Å²) in [5, 5.41) is 9.94. The van der Waals surface area contributed by atoms with Crippen LogP contribution in [0, 0.1) is 0 Å². The van der Waals surface area contributed by atoms with Gasteiger partial charge in [0.2, 0.25) is 0 Å². The van der Waals surface area contributed by atoms with Crippen LogP contribution in [-0.4, -0.2) is 48.6 Å². The van der Waals surface area contributed by atoms with Crippen LogP contribution in [0.15, 0.2) is 12.2 Å². The number of hydrogen-bond donors (Lipinski definition) is 1. The molecule has 0 spiro atoms. The van der Waals surface area contributed by atoms with E-state index in [1.807, 2.05) is 0 Å². The third-order valence-corrected chi connectivity index (χ3v) is 5.61. The minimum Gasteiger partial charge on any atom is -0.748 e. The van der Waals surface area contributed by atoms with Crippen LogP contribution in [0.5, 0.6) is 0 Å². The first-order chi connectivity index (χ1) is 12.9. The summed E-state index contributed by atoms with van der Waals surface area (Å²) in [5.41, 5.74) is 0.